The van der Waals surface area contributed by atoms with Crippen molar-refractivity contribution in [1.82, 2.24) is 0 Å². The minimum Gasteiger partial charge on any atom is -0.467 e. The fourth-order valence-corrected chi connectivity index (χ4v) is 0.783. The van der Waals surface area contributed by atoms with Crippen LogP contribution in [0.2, 0.25) is 5.02 Å². The lowest BCUT2D eigenvalue weighted by Crippen LogP contribution is -1.79. The van der Waals surface area contributed by atoms with Gasteiger partial charge in [-0.3, -0.25) is 0 Å². The van der Waals surface area contributed by atoms with E-state index in [1.807, 2.05) is 6.07 Å². The zero-order valence-electron chi connectivity index (χ0n) is 5.52. The molecule has 0 atom stereocenters. The molecule has 50 valence electrons. The Bertz CT molecular complexity index is 191. The quantitative estimate of drug-likeness (QED) is 0.591. The third-order valence-electron chi connectivity index (χ3n) is 1.16. The summed E-state index contributed by atoms with van der Waals surface area (Å²) in [5.74, 6) is 1.37. The van der Waals surface area contributed by atoms with Gasteiger partial charge in [-0.05, 0) is 6.07 Å². The fourth-order valence-electron chi connectivity index (χ4n) is 0.631. The molecule has 0 aliphatic heterocycles. The summed E-state index contributed by atoms with van der Waals surface area (Å²) in [4.78, 5) is 0. The lowest BCUT2D eigenvalue weighted by atomic mass is 10.2. The molecule has 2 heteroatoms. The molecule has 1 aromatic heterocycles. The van der Waals surface area contributed by atoms with Gasteiger partial charge in [0.15, 0.2) is 0 Å². The van der Waals surface area contributed by atoms with E-state index < -0.39 is 0 Å². The van der Waals surface area contributed by atoms with Gasteiger partial charge in [-0.15, -0.1) is 0 Å². The van der Waals surface area contributed by atoms with Crippen LogP contribution in [0.25, 0.3) is 0 Å². The van der Waals surface area contributed by atoms with Gasteiger partial charge in [0.25, 0.3) is 0 Å². The predicted molar refractivity (Wildman–Crippen MR) is 37.8 cm³/mol. The van der Waals surface area contributed by atoms with Gasteiger partial charge in [-0.2, -0.15) is 0 Å². The van der Waals surface area contributed by atoms with Crippen molar-refractivity contribution in [2.24, 2.45) is 0 Å². The van der Waals surface area contributed by atoms with Crippen LogP contribution in [-0.2, 0) is 0 Å². The molecule has 1 rings (SSSR count). The molecule has 0 aromatic carbocycles. The molecule has 9 heavy (non-hydrogen) atoms. The minimum absolute atomic E-state index is 0.428. The Morgan fingerprint density at radius 3 is 2.44 bits per heavy atom. The second-order valence-corrected chi connectivity index (χ2v) is 2.76. The van der Waals surface area contributed by atoms with Crippen LogP contribution in [0.1, 0.15) is 25.5 Å². The van der Waals surface area contributed by atoms with E-state index >= 15 is 0 Å². The summed E-state index contributed by atoms with van der Waals surface area (Å²) in [5.41, 5.74) is 0. The van der Waals surface area contributed by atoms with Gasteiger partial charge >= 0.3 is 0 Å². The van der Waals surface area contributed by atoms with E-state index in [9.17, 15) is 0 Å². The summed E-state index contributed by atoms with van der Waals surface area (Å²) in [6.45, 7) is 4.13. The molecule has 0 amide bonds. The molecule has 1 nitrogen and oxygen atoms in total. The van der Waals surface area contributed by atoms with E-state index in [2.05, 4.69) is 13.8 Å². The van der Waals surface area contributed by atoms with Gasteiger partial charge < -0.3 is 4.42 Å². The molecule has 0 aliphatic carbocycles. The molecule has 0 saturated heterocycles. The first-order chi connectivity index (χ1) is 4.20. The Hall–Kier alpha value is -0.430. The first-order valence-corrected chi connectivity index (χ1v) is 3.32. The van der Waals surface area contributed by atoms with Crippen molar-refractivity contribution >= 4 is 11.6 Å². The zero-order chi connectivity index (χ0) is 6.85. The molecule has 0 fully saturated rings. The van der Waals surface area contributed by atoms with Crippen LogP contribution in [0.5, 0.6) is 0 Å². The highest BCUT2D eigenvalue weighted by atomic mass is 35.5. The lowest BCUT2D eigenvalue weighted by Gasteiger charge is -1.94. The summed E-state index contributed by atoms with van der Waals surface area (Å²) in [5, 5.41) is 0.679. The maximum Gasteiger partial charge on any atom is 0.109 e. The summed E-state index contributed by atoms with van der Waals surface area (Å²) in [6.07, 6.45) is 1.55. The van der Waals surface area contributed by atoms with Crippen LogP contribution in [-0.4, -0.2) is 0 Å². The van der Waals surface area contributed by atoms with E-state index in [-0.39, 0.29) is 0 Å². The smallest absolute Gasteiger partial charge is 0.109 e. The highest BCUT2D eigenvalue weighted by Crippen LogP contribution is 2.20. The Kier molecular flexibility index (Phi) is 1.81. The Morgan fingerprint density at radius 2 is 2.22 bits per heavy atom. The molecule has 0 unspecified atom stereocenters. The van der Waals surface area contributed by atoms with Crippen molar-refractivity contribution in [3.8, 4) is 0 Å². The molecule has 0 spiro atoms. The van der Waals surface area contributed by atoms with Crippen molar-refractivity contribution in [2.75, 3.05) is 0 Å². The van der Waals surface area contributed by atoms with Crippen LogP contribution >= 0.6 is 11.6 Å². The molecule has 0 bridgehead atoms. The van der Waals surface area contributed by atoms with Gasteiger partial charge in [0.2, 0.25) is 0 Å². The molecular weight excluding hydrogens is 136 g/mol. The second kappa shape index (κ2) is 2.44. The number of hydrogen-bond donors (Lipinski definition) is 0. The molecule has 0 radical (unpaired) electrons. The van der Waals surface area contributed by atoms with Crippen LogP contribution in [0, 0.1) is 0 Å². The van der Waals surface area contributed by atoms with Crippen molar-refractivity contribution in [1.29, 1.82) is 0 Å². The zero-order valence-corrected chi connectivity index (χ0v) is 6.27. The van der Waals surface area contributed by atoms with E-state index in [0.717, 1.165) is 5.76 Å². The van der Waals surface area contributed by atoms with Crippen molar-refractivity contribution in [2.45, 2.75) is 19.8 Å². The Morgan fingerprint density at radius 1 is 1.56 bits per heavy atom. The number of halogens is 1. The van der Waals surface area contributed by atoms with Crippen molar-refractivity contribution < 1.29 is 4.42 Å². The average molecular weight is 145 g/mol. The summed E-state index contributed by atoms with van der Waals surface area (Å²) >= 11 is 5.61. The number of hydrogen-bond acceptors (Lipinski definition) is 1. The average Bonchev–Trinajstić information content (AvgIpc) is 2.14. The summed E-state index contributed by atoms with van der Waals surface area (Å²) in [7, 11) is 0. The summed E-state index contributed by atoms with van der Waals surface area (Å²) < 4.78 is 5.09. The largest absolute Gasteiger partial charge is 0.467 e. The van der Waals surface area contributed by atoms with Gasteiger partial charge in [0.1, 0.15) is 12.0 Å². The fraction of sp³-hybridized carbons (Fsp3) is 0.429. The van der Waals surface area contributed by atoms with E-state index in [1.165, 1.54) is 0 Å². The van der Waals surface area contributed by atoms with Gasteiger partial charge in [0.05, 0.1) is 5.02 Å². The third-order valence-corrected chi connectivity index (χ3v) is 1.35. The molecule has 1 aromatic rings. The number of rotatable bonds is 1. The molecular formula is C7H9ClO. The van der Waals surface area contributed by atoms with Crippen LogP contribution in [0.15, 0.2) is 16.7 Å². The van der Waals surface area contributed by atoms with Gasteiger partial charge in [-0.25, -0.2) is 0 Å². The molecule has 0 saturated carbocycles. The monoisotopic (exact) mass is 144 g/mol. The first-order valence-electron chi connectivity index (χ1n) is 2.94. The van der Waals surface area contributed by atoms with Crippen molar-refractivity contribution in [3.05, 3.63) is 23.1 Å². The Balaban J connectivity index is 2.85. The second-order valence-electron chi connectivity index (χ2n) is 2.32. The standard InChI is InChI=1S/C7H9ClO/c1-5(2)7-3-6(8)4-9-7/h3-5H,1-2H3. The third kappa shape index (κ3) is 1.49. The van der Waals surface area contributed by atoms with Gasteiger partial charge in [-0.1, -0.05) is 25.4 Å². The first kappa shape index (κ1) is 6.69. The van der Waals surface area contributed by atoms with E-state index in [1.54, 1.807) is 6.26 Å². The highest BCUT2D eigenvalue weighted by Gasteiger charge is 2.02. The number of furan rings is 1. The van der Waals surface area contributed by atoms with Gasteiger partial charge in [0, 0.05) is 5.92 Å². The minimum atomic E-state index is 0.428. The maximum atomic E-state index is 5.61. The highest BCUT2D eigenvalue weighted by molar-refractivity contribution is 6.30. The normalized spacial score (nSPS) is 10.7. The molecule has 1 heterocycles. The molecule has 0 aliphatic rings. The lowest BCUT2D eigenvalue weighted by molar-refractivity contribution is 0.487. The van der Waals surface area contributed by atoms with E-state index in [0.29, 0.717) is 10.9 Å². The van der Waals surface area contributed by atoms with Crippen LogP contribution in [0.3, 0.4) is 0 Å². The van der Waals surface area contributed by atoms with Crippen molar-refractivity contribution in [3.63, 3.8) is 0 Å². The topological polar surface area (TPSA) is 13.1 Å². The van der Waals surface area contributed by atoms with Crippen LogP contribution in [0.4, 0.5) is 0 Å². The predicted octanol–water partition coefficient (Wildman–Crippen LogP) is 3.06. The SMILES string of the molecule is CC(C)c1cc(Cl)co1. The Labute approximate surface area is 59.6 Å². The van der Waals surface area contributed by atoms with E-state index in [4.69, 9.17) is 16.0 Å². The van der Waals surface area contributed by atoms with Crippen LogP contribution < -0.4 is 0 Å². The maximum absolute atomic E-state index is 5.61. The molecule has 0 N–H and O–H groups in total. The summed E-state index contributed by atoms with van der Waals surface area (Å²) in [6, 6.07) is 1.84.